The Kier molecular flexibility index (Phi) is 4.02. The second-order valence-corrected chi connectivity index (χ2v) is 5.95. The predicted molar refractivity (Wildman–Crippen MR) is 71.7 cm³/mol. The summed E-state index contributed by atoms with van der Waals surface area (Å²) in [4.78, 5) is 18.1. The van der Waals surface area contributed by atoms with E-state index >= 15 is 0 Å². The lowest BCUT2D eigenvalue weighted by Gasteiger charge is -2.40. The van der Waals surface area contributed by atoms with Gasteiger partial charge in [-0.25, -0.2) is 4.98 Å². The van der Waals surface area contributed by atoms with E-state index in [0.717, 1.165) is 37.4 Å². The Morgan fingerprint density at radius 2 is 2.28 bits per heavy atom. The number of carboxylic acids is 1. The number of hydrogen-bond acceptors (Lipinski definition) is 4. The molecule has 0 amide bonds. The Labute approximate surface area is 112 Å². The van der Waals surface area contributed by atoms with Gasteiger partial charge in [-0.2, -0.15) is 0 Å². The molecular formula is C13H20N2O2S. The maximum atomic E-state index is 11.4. The molecule has 0 radical (unpaired) electrons. The van der Waals surface area contributed by atoms with E-state index in [1.807, 2.05) is 18.5 Å². The maximum Gasteiger partial charge on any atom is 0.309 e. The van der Waals surface area contributed by atoms with Gasteiger partial charge in [0.1, 0.15) is 5.01 Å². The third-order valence-electron chi connectivity index (χ3n) is 4.24. The Morgan fingerprint density at radius 1 is 1.61 bits per heavy atom. The molecular weight excluding hydrogens is 248 g/mol. The first-order valence-electron chi connectivity index (χ1n) is 6.46. The molecule has 1 fully saturated rings. The molecule has 2 rings (SSSR count). The summed E-state index contributed by atoms with van der Waals surface area (Å²) < 4.78 is 0. The smallest absolute Gasteiger partial charge is 0.309 e. The van der Waals surface area contributed by atoms with Gasteiger partial charge in [-0.1, -0.05) is 6.92 Å². The van der Waals surface area contributed by atoms with Crippen molar-refractivity contribution in [3.8, 4) is 0 Å². The third-order valence-corrected chi connectivity index (χ3v) is 5.19. The van der Waals surface area contributed by atoms with Gasteiger partial charge >= 0.3 is 5.97 Å². The highest BCUT2D eigenvalue weighted by Crippen LogP contribution is 2.37. The van der Waals surface area contributed by atoms with Crippen LogP contribution in [0.15, 0.2) is 11.6 Å². The van der Waals surface area contributed by atoms with Crippen molar-refractivity contribution in [2.75, 3.05) is 13.1 Å². The number of likely N-dealkylation sites (tertiary alicyclic amines) is 1. The van der Waals surface area contributed by atoms with Gasteiger partial charge in [0, 0.05) is 11.6 Å². The fourth-order valence-electron chi connectivity index (χ4n) is 2.65. The molecule has 1 aliphatic rings. The summed E-state index contributed by atoms with van der Waals surface area (Å²) in [6, 6.07) is 0.300. The first-order valence-corrected chi connectivity index (χ1v) is 7.34. The lowest BCUT2D eigenvalue weighted by atomic mass is 9.76. The van der Waals surface area contributed by atoms with Crippen molar-refractivity contribution >= 4 is 17.3 Å². The van der Waals surface area contributed by atoms with Crippen LogP contribution >= 0.6 is 11.3 Å². The van der Waals surface area contributed by atoms with Gasteiger partial charge in [0.25, 0.3) is 0 Å². The fraction of sp³-hybridized carbons (Fsp3) is 0.692. The molecule has 100 valence electrons. The molecule has 0 aliphatic carbocycles. The lowest BCUT2D eigenvalue weighted by molar-refractivity contribution is -0.152. The van der Waals surface area contributed by atoms with Gasteiger partial charge in [-0.15, -0.1) is 11.3 Å². The van der Waals surface area contributed by atoms with E-state index in [1.54, 1.807) is 11.3 Å². The molecule has 4 nitrogen and oxygen atoms in total. The molecule has 5 heteroatoms. The Bertz CT molecular complexity index is 397. The minimum Gasteiger partial charge on any atom is -0.481 e. The quantitative estimate of drug-likeness (QED) is 0.912. The van der Waals surface area contributed by atoms with Crippen LogP contribution in [0.1, 0.15) is 44.2 Å². The van der Waals surface area contributed by atoms with E-state index in [0.29, 0.717) is 6.04 Å². The van der Waals surface area contributed by atoms with Crippen molar-refractivity contribution in [2.24, 2.45) is 5.41 Å². The number of aliphatic carboxylic acids is 1. The average Bonchev–Trinajstić information content (AvgIpc) is 2.91. The number of nitrogens with zero attached hydrogens (tertiary/aromatic N) is 2. The number of carbonyl (C=O) groups is 1. The highest BCUT2D eigenvalue weighted by Gasteiger charge is 2.40. The van der Waals surface area contributed by atoms with Crippen LogP contribution < -0.4 is 0 Å². The number of rotatable bonds is 4. The molecule has 1 saturated heterocycles. The van der Waals surface area contributed by atoms with E-state index < -0.39 is 11.4 Å². The Balaban J connectivity index is 2.00. The first-order chi connectivity index (χ1) is 8.59. The van der Waals surface area contributed by atoms with Crippen molar-refractivity contribution in [3.05, 3.63) is 16.6 Å². The standard InChI is InChI=1S/C13H20N2O2S/c1-3-13(12(16)17)4-7-15(8-5-13)10(2)11-14-6-9-18-11/h6,9-10H,3-5,7-8H2,1-2H3,(H,16,17). The minimum absolute atomic E-state index is 0.300. The van der Waals surface area contributed by atoms with Crippen LogP contribution in [0.2, 0.25) is 0 Å². The highest BCUT2D eigenvalue weighted by atomic mass is 32.1. The largest absolute Gasteiger partial charge is 0.481 e. The first kappa shape index (κ1) is 13.5. The molecule has 1 unspecified atom stereocenters. The van der Waals surface area contributed by atoms with Crippen LogP contribution in [0.3, 0.4) is 0 Å². The van der Waals surface area contributed by atoms with Crippen molar-refractivity contribution in [2.45, 2.75) is 39.2 Å². The second-order valence-electron chi connectivity index (χ2n) is 5.02. The molecule has 0 saturated carbocycles. The topological polar surface area (TPSA) is 53.4 Å². The van der Waals surface area contributed by atoms with Crippen LogP contribution in [0.5, 0.6) is 0 Å². The van der Waals surface area contributed by atoms with Crippen LogP contribution in [-0.2, 0) is 4.79 Å². The second kappa shape index (κ2) is 5.36. The highest BCUT2D eigenvalue weighted by molar-refractivity contribution is 7.09. The van der Waals surface area contributed by atoms with Crippen LogP contribution in [0.4, 0.5) is 0 Å². The minimum atomic E-state index is -0.633. The molecule has 0 spiro atoms. The zero-order valence-electron chi connectivity index (χ0n) is 10.9. The summed E-state index contributed by atoms with van der Waals surface area (Å²) in [5, 5.41) is 12.5. The van der Waals surface area contributed by atoms with Crippen molar-refractivity contribution in [1.82, 2.24) is 9.88 Å². The molecule has 0 bridgehead atoms. The predicted octanol–water partition coefficient (Wildman–Crippen LogP) is 2.78. The molecule has 2 heterocycles. The monoisotopic (exact) mass is 268 g/mol. The molecule has 18 heavy (non-hydrogen) atoms. The summed E-state index contributed by atoms with van der Waals surface area (Å²) in [6.07, 6.45) is 4.04. The Morgan fingerprint density at radius 3 is 2.72 bits per heavy atom. The van der Waals surface area contributed by atoms with E-state index in [2.05, 4.69) is 16.8 Å². The van der Waals surface area contributed by atoms with Crippen molar-refractivity contribution < 1.29 is 9.90 Å². The summed E-state index contributed by atoms with van der Waals surface area (Å²) in [5.41, 5.74) is -0.501. The molecule has 1 atom stereocenters. The number of piperidine rings is 1. The zero-order chi connectivity index (χ0) is 13.2. The van der Waals surface area contributed by atoms with Gasteiger partial charge in [0.05, 0.1) is 11.5 Å². The molecule has 1 aromatic rings. The zero-order valence-corrected chi connectivity index (χ0v) is 11.7. The molecule has 0 aromatic carbocycles. The van der Waals surface area contributed by atoms with Crippen molar-refractivity contribution in [3.63, 3.8) is 0 Å². The SMILES string of the molecule is CCC1(C(=O)O)CCN(C(C)c2nccs2)CC1. The Hall–Kier alpha value is -0.940. The summed E-state index contributed by atoms with van der Waals surface area (Å²) >= 11 is 1.67. The van der Waals surface area contributed by atoms with Gasteiger partial charge in [-0.05, 0) is 39.3 Å². The third kappa shape index (κ3) is 2.42. The normalized spacial score (nSPS) is 21.7. The van der Waals surface area contributed by atoms with Crippen LogP contribution in [0, 0.1) is 5.41 Å². The molecule has 1 aromatic heterocycles. The van der Waals surface area contributed by atoms with Gasteiger partial charge in [-0.3, -0.25) is 9.69 Å². The van der Waals surface area contributed by atoms with E-state index in [9.17, 15) is 9.90 Å². The maximum absolute atomic E-state index is 11.4. The fourth-order valence-corrected chi connectivity index (χ4v) is 3.38. The van der Waals surface area contributed by atoms with Crippen molar-refractivity contribution in [1.29, 1.82) is 0 Å². The molecule has 1 aliphatic heterocycles. The van der Waals surface area contributed by atoms with E-state index in [4.69, 9.17) is 0 Å². The number of thiazole rings is 1. The molecule has 1 N–H and O–H groups in total. The van der Waals surface area contributed by atoms with Crippen LogP contribution in [-0.4, -0.2) is 34.0 Å². The lowest BCUT2D eigenvalue weighted by Crippen LogP contribution is -2.44. The van der Waals surface area contributed by atoms with Gasteiger partial charge in [0.15, 0.2) is 0 Å². The van der Waals surface area contributed by atoms with Gasteiger partial charge < -0.3 is 5.11 Å². The summed E-state index contributed by atoms with van der Waals surface area (Å²) in [5.74, 6) is -0.633. The van der Waals surface area contributed by atoms with Crippen LogP contribution in [0.25, 0.3) is 0 Å². The van der Waals surface area contributed by atoms with E-state index in [-0.39, 0.29) is 0 Å². The summed E-state index contributed by atoms with van der Waals surface area (Å²) in [6.45, 7) is 5.83. The van der Waals surface area contributed by atoms with E-state index in [1.165, 1.54) is 0 Å². The summed E-state index contributed by atoms with van der Waals surface area (Å²) in [7, 11) is 0. The average molecular weight is 268 g/mol. The van der Waals surface area contributed by atoms with Gasteiger partial charge in [0.2, 0.25) is 0 Å². The number of aromatic nitrogens is 1. The number of hydrogen-bond donors (Lipinski definition) is 1. The number of carboxylic acid groups (broad SMARTS) is 1.